The summed E-state index contributed by atoms with van der Waals surface area (Å²) in [5.41, 5.74) is 7.93. The van der Waals surface area contributed by atoms with Gasteiger partial charge in [-0.25, -0.2) is 4.79 Å². The quantitative estimate of drug-likeness (QED) is 0.116. The summed E-state index contributed by atoms with van der Waals surface area (Å²) in [6.07, 6.45) is 1.94. The average Bonchev–Trinajstić information content (AvgIpc) is 3.30. The van der Waals surface area contributed by atoms with E-state index in [1.165, 1.54) is 11.3 Å². The van der Waals surface area contributed by atoms with Crippen LogP contribution in [-0.4, -0.2) is 19.2 Å². The fraction of sp³-hybridized carbons (Fsp3) is 0.226. The number of thiophene rings is 1. The molecule has 0 bridgehead atoms. The minimum Gasteiger partial charge on any atom is -0.490 e. The topological polar surface area (TPSA) is 104 Å². The Kier molecular flexibility index (Phi) is 8.60. The molecule has 1 aliphatic heterocycles. The number of fused-ring (bicyclic) bond motifs is 2. The van der Waals surface area contributed by atoms with E-state index in [9.17, 15) is 10.1 Å². The van der Waals surface area contributed by atoms with Gasteiger partial charge in [-0.15, -0.1) is 11.3 Å². The van der Waals surface area contributed by atoms with Gasteiger partial charge in [0.05, 0.1) is 29.2 Å². The van der Waals surface area contributed by atoms with Gasteiger partial charge in [0.15, 0.2) is 11.5 Å². The number of nitrogens with two attached hydrogens (primary N) is 1. The standard InChI is InChI=1S/C31H26Cl2N2O5S/c1-3-5-13-38-22-12-9-17(14-24(22)37-4-2)26-19-11-10-18(15-23(19)40-30(35)20(26)16-34)39-31(36)29-28(33)27-21(32)7-6-8-25(27)41-29/h6-12,14-15,26H,3-5,13,35H2,1-2H3. The number of carbonyl (C=O) groups excluding carboxylic acids is 1. The normalized spacial score (nSPS) is 14.3. The van der Waals surface area contributed by atoms with Crippen LogP contribution in [0.2, 0.25) is 10.0 Å². The molecule has 2 heterocycles. The smallest absolute Gasteiger partial charge is 0.355 e. The van der Waals surface area contributed by atoms with Gasteiger partial charge in [0.2, 0.25) is 5.88 Å². The summed E-state index contributed by atoms with van der Waals surface area (Å²) in [4.78, 5) is 13.3. The highest BCUT2D eigenvalue weighted by atomic mass is 35.5. The molecule has 0 radical (unpaired) electrons. The van der Waals surface area contributed by atoms with E-state index in [1.807, 2.05) is 31.2 Å². The molecule has 0 fully saturated rings. The molecule has 0 saturated heterocycles. The molecule has 210 valence electrons. The van der Waals surface area contributed by atoms with Crippen molar-refractivity contribution in [2.75, 3.05) is 13.2 Å². The van der Waals surface area contributed by atoms with Crippen molar-refractivity contribution in [1.82, 2.24) is 0 Å². The maximum Gasteiger partial charge on any atom is 0.355 e. The molecular weight excluding hydrogens is 583 g/mol. The molecule has 0 aliphatic carbocycles. The van der Waals surface area contributed by atoms with Gasteiger partial charge in [0.25, 0.3) is 0 Å². The SMILES string of the molecule is CCCCOc1ccc(C2C(C#N)=C(N)Oc3cc(OC(=O)c4sc5cccc(Cl)c5c4Cl)ccc32)cc1OCC. The van der Waals surface area contributed by atoms with E-state index in [0.29, 0.717) is 46.4 Å². The van der Waals surface area contributed by atoms with Crippen molar-refractivity contribution in [3.63, 3.8) is 0 Å². The number of hydrogen-bond donors (Lipinski definition) is 1. The molecule has 1 unspecified atom stereocenters. The zero-order valence-electron chi connectivity index (χ0n) is 22.3. The van der Waals surface area contributed by atoms with E-state index in [0.717, 1.165) is 23.1 Å². The van der Waals surface area contributed by atoms with Crippen LogP contribution in [0.15, 0.2) is 66.1 Å². The number of benzene rings is 3. The molecule has 1 aromatic heterocycles. The van der Waals surface area contributed by atoms with Crippen LogP contribution in [0.3, 0.4) is 0 Å². The molecule has 41 heavy (non-hydrogen) atoms. The average molecular weight is 610 g/mol. The summed E-state index contributed by atoms with van der Waals surface area (Å²) in [5, 5.41) is 11.3. The van der Waals surface area contributed by atoms with Crippen LogP contribution < -0.4 is 24.7 Å². The van der Waals surface area contributed by atoms with Crippen molar-refractivity contribution in [1.29, 1.82) is 5.26 Å². The van der Waals surface area contributed by atoms with E-state index in [4.69, 9.17) is 47.9 Å². The molecule has 3 aromatic carbocycles. The summed E-state index contributed by atoms with van der Waals surface area (Å²) in [6, 6.07) is 18.1. The third-order valence-electron chi connectivity index (χ3n) is 6.55. The molecule has 1 atom stereocenters. The molecule has 2 N–H and O–H groups in total. The second-order valence-electron chi connectivity index (χ2n) is 9.21. The van der Waals surface area contributed by atoms with E-state index < -0.39 is 11.9 Å². The van der Waals surface area contributed by atoms with Crippen LogP contribution in [0.25, 0.3) is 10.1 Å². The van der Waals surface area contributed by atoms with Gasteiger partial charge in [-0.05, 0) is 49.2 Å². The summed E-state index contributed by atoms with van der Waals surface area (Å²) in [6.45, 7) is 5.02. The van der Waals surface area contributed by atoms with Crippen molar-refractivity contribution >= 4 is 50.6 Å². The summed E-state index contributed by atoms with van der Waals surface area (Å²) in [7, 11) is 0. The van der Waals surface area contributed by atoms with Gasteiger partial charge in [-0.3, -0.25) is 0 Å². The highest BCUT2D eigenvalue weighted by molar-refractivity contribution is 7.21. The number of allylic oxidation sites excluding steroid dienone is 1. The van der Waals surface area contributed by atoms with Crippen LogP contribution in [0.4, 0.5) is 0 Å². The molecule has 0 amide bonds. The van der Waals surface area contributed by atoms with Crippen LogP contribution in [0, 0.1) is 11.3 Å². The summed E-state index contributed by atoms with van der Waals surface area (Å²) in [5.74, 6) is 0.624. The predicted molar refractivity (Wildman–Crippen MR) is 161 cm³/mol. The van der Waals surface area contributed by atoms with Gasteiger partial charge in [-0.1, -0.05) is 54.7 Å². The number of nitriles is 1. The summed E-state index contributed by atoms with van der Waals surface area (Å²) >= 11 is 14.0. The van der Waals surface area contributed by atoms with Gasteiger partial charge in [0.1, 0.15) is 28.0 Å². The lowest BCUT2D eigenvalue weighted by Gasteiger charge is -2.27. The lowest BCUT2D eigenvalue weighted by atomic mass is 9.83. The largest absolute Gasteiger partial charge is 0.490 e. The monoisotopic (exact) mass is 608 g/mol. The molecule has 10 heteroatoms. The van der Waals surface area contributed by atoms with Gasteiger partial charge in [0, 0.05) is 21.7 Å². The van der Waals surface area contributed by atoms with Crippen LogP contribution in [0.5, 0.6) is 23.0 Å². The van der Waals surface area contributed by atoms with E-state index >= 15 is 0 Å². The third kappa shape index (κ3) is 5.66. The number of carbonyl (C=O) groups is 1. The number of rotatable bonds is 9. The van der Waals surface area contributed by atoms with E-state index in [1.54, 1.807) is 30.3 Å². The Morgan fingerprint density at radius 3 is 2.66 bits per heavy atom. The number of hydrogen-bond acceptors (Lipinski definition) is 8. The van der Waals surface area contributed by atoms with Gasteiger partial charge in [-0.2, -0.15) is 5.26 Å². The summed E-state index contributed by atoms with van der Waals surface area (Å²) < 4.78 is 24.0. The minimum atomic E-state index is -0.624. The Morgan fingerprint density at radius 1 is 1.10 bits per heavy atom. The number of esters is 1. The Morgan fingerprint density at radius 2 is 1.93 bits per heavy atom. The molecule has 4 aromatic rings. The van der Waals surface area contributed by atoms with Crippen molar-refractivity contribution in [3.05, 3.63) is 92.1 Å². The van der Waals surface area contributed by atoms with Crippen molar-refractivity contribution < 1.29 is 23.7 Å². The molecule has 0 spiro atoms. The Hall–Kier alpha value is -3.90. The van der Waals surface area contributed by atoms with Crippen molar-refractivity contribution in [2.24, 2.45) is 5.73 Å². The zero-order chi connectivity index (χ0) is 29.1. The van der Waals surface area contributed by atoms with E-state index in [2.05, 4.69) is 13.0 Å². The van der Waals surface area contributed by atoms with Gasteiger partial charge < -0.3 is 24.7 Å². The molecule has 0 saturated carbocycles. The fourth-order valence-electron chi connectivity index (χ4n) is 4.62. The Bertz CT molecular complexity index is 1710. The van der Waals surface area contributed by atoms with Crippen LogP contribution in [-0.2, 0) is 0 Å². The third-order valence-corrected chi connectivity index (χ3v) is 8.49. The first kappa shape index (κ1) is 28.6. The highest BCUT2D eigenvalue weighted by Gasteiger charge is 2.32. The maximum absolute atomic E-state index is 13.1. The van der Waals surface area contributed by atoms with Crippen LogP contribution in [0.1, 0.15) is 53.4 Å². The molecule has 5 rings (SSSR count). The number of halogens is 2. The molecule has 7 nitrogen and oxygen atoms in total. The first-order chi connectivity index (χ1) is 19.9. The van der Waals surface area contributed by atoms with Crippen molar-refractivity contribution in [2.45, 2.75) is 32.6 Å². The van der Waals surface area contributed by atoms with Crippen LogP contribution >= 0.6 is 34.5 Å². The number of nitrogens with zero attached hydrogens (tertiary/aromatic N) is 1. The lowest BCUT2D eigenvalue weighted by molar-refractivity contribution is 0.0740. The Labute approximate surface area is 251 Å². The minimum absolute atomic E-state index is 0.0306. The highest BCUT2D eigenvalue weighted by Crippen LogP contribution is 2.46. The predicted octanol–water partition coefficient (Wildman–Crippen LogP) is 8.22. The second kappa shape index (κ2) is 12.3. The maximum atomic E-state index is 13.1. The zero-order valence-corrected chi connectivity index (χ0v) is 24.7. The molecular formula is C31H26Cl2N2O5S. The van der Waals surface area contributed by atoms with Gasteiger partial charge >= 0.3 is 5.97 Å². The first-order valence-electron chi connectivity index (χ1n) is 13.1. The lowest BCUT2D eigenvalue weighted by Crippen LogP contribution is -2.21. The van der Waals surface area contributed by atoms with Crippen molar-refractivity contribution in [3.8, 4) is 29.1 Å². The fourth-order valence-corrected chi connectivity index (χ4v) is 6.44. The number of ether oxygens (including phenoxy) is 4. The molecule has 1 aliphatic rings. The first-order valence-corrected chi connectivity index (χ1v) is 14.6. The Balaban J connectivity index is 1.47. The number of unbranched alkanes of at least 4 members (excludes halogenated alkanes) is 1. The second-order valence-corrected chi connectivity index (χ2v) is 11.1. The van der Waals surface area contributed by atoms with E-state index in [-0.39, 0.29) is 27.1 Å².